The molecular weight excluding hydrogens is 428 g/mol. The fourth-order valence-corrected chi connectivity index (χ4v) is 1.90. The van der Waals surface area contributed by atoms with Crippen molar-refractivity contribution in [2.75, 3.05) is 53.6 Å². The lowest BCUT2D eigenvalue weighted by atomic mass is 10.3. The van der Waals surface area contributed by atoms with Gasteiger partial charge in [0.05, 0.1) is 25.9 Å². The highest BCUT2D eigenvalue weighted by molar-refractivity contribution is 5.72. The predicted molar refractivity (Wildman–Crippen MR) is 116 cm³/mol. The molecule has 0 saturated carbocycles. The zero-order valence-electron chi connectivity index (χ0n) is 18.4. The van der Waals surface area contributed by atoms with Gasteiger partial charge in [0, 0.05) is 14.1 Å². The molecule has 0 spiro atoms. The molecule has 0 radical (unpaired) electrons. The van der Waals surface area contributed by atoms with Gasteiger partial charge in [0.2, 0.25) is 0 Å². The van der Waals surface area contributed by atoms with Gasteiger partial charge in [-0.15, -0.1) is 0 Å². The van der Waals surface area contributed by atoms with E-state index in [1.807, 2.05) is 0 Å². The highest BCUT2D eigenvalue weighted by atomic mass is 16.6. The number of carbonyl (C=O) groups is 2. The van der Waals surface area contributed by atoms with Crippen LogP contribution in [0, 0.1) is 40.6 Å². The van der Waals surface area contributed by atoms with Gasteiger partial charge in [-0.2, -0.15) is 10.5 Å². The van der Waals surface area contributed by atoms with Crippen LogP contribution in [0.25, 0.3) is 4.85 Å². The van der Waals surface area contributed by atoms with Crippen molar-refractivity contribution in [1.82, 2.24) is 9.80 Å². The van der Waals surface area contributed by atoms with E-state index >= 15 is 0 Å². The fraction of sp³-hybridized carbons (Fsp3) is 0.364. The summed E-state index contributed by atoms with van der Waals surface area (Å²) in [6, 6.07) is 5.16. The molecule has 0 aromatic rings. The first-order valence-corrected chi connectivity index (χ1v) is 9.50. The van der Waals surface area contributed by atoms with E-state index in [1.54, 1.807) is 32.3 Å². The lowest BCUT2D eigenvalue weighted by molar-refractivity contribution is -0.147. The molecule has 0 unspecified atom stereocenters. The summed E-state index contributed by atoms with van der Waals surface area (Å²) in [5.41, 5.74) is -0.108. The normalized spacial score (nSPS) is 10.4. The number of carbonyl (C=O) groups excluding carboxylic acids is 2. The summed E-state index contributed by atoms with van der Waals surface area (Å²) >= 11 is 0. The molecule has 172 valence electrons. The molecular formula is C22H24N6O5. The second-order valence-corrected chi connectivity index (χ2v) is 6.15. The van der Waals surface area contributed by atoms with Crippen LogP contribution in [-0.4, -0.2) is 75.4 Å². The average Bonchev–Trinajstić information content (AvgIpc) is 2.78. The van der Waals surface area contributed by atoms with E-state index in [0.29, 0.717) is 0 Å². The summed E-state index contributed by atoms with van der Waals surface area (Å²) in [5, 5.41) is 25.8. The van der Waals surface area contributed by atoms with Gasteiger partial charge in [-0.1, -0.05) is 6.08 Å². The van der Waals surface area contributed by atoms with Crippen molar-refractivity contribution < 1.29 is 23.8 Å². The van der Waals surface area contributed by atoms with Gasteiger partial charge in [-0.25, -0.2) is 10.1 Å². The Kier molecular flexibility index (Phi) is 15.7. The first-order chi connectivity index (χ1) is 15.9. The van der Waals surface area contributed by atoms with Gasteiger partial charge in [0.25, 0.3) is 5.70 Å². The first kappa shape index (κ1) is 28.4. The number of nitriles is 3. The number of nitrogens with zero attached hydrogens (tertiary/aromatic N) is 6. The lowest BCUT2D eigenvalue weighted by Gasteiger charge is -2.13. The zero-order chi connectivity index (χ0) is 24.9. The molecule has 0 aliphatic heterocycles. The van der Waals surface area contributed by atoms with Crippen LogP contribution in [0.2, 0.25) is 0 Å². The summed E-state index contributed by atoms with van der Waals surface area (Å²) in [5.74, 6) is -0.958. The van der Waals surface area contributed by atoms with E-state index < -0.39 is 11.9 Å². The number of ether oxygens (including phenoxy) is 3. The topological polar surface area (TPSA) is 144 Å². The van der Waals surface area contributed by atoms with Gasteiger partial charge in [-0.3, -0.25) is 9.59 Å². The first-order valence-electron chi connectivity index (χ1n) is 9.50. The van der Waals surface area contributed by atoms with E-state index in [2.05, 4.69) is 4.85 Å². The number of hydrogen-bond acceptors (Lipinski definition) is 10. The van der Waals surface area contributed by atoms with E-state index in [4.69, 9.17) is 36.6 Å². The van der Waals surface area contributed by atoms with Crippen LogP contribution in [0.4, 0.5) is 0 Å². The molecule has 0 aliphatic rings. The molecule has 11 heteroatoms. The zero-order valence-corrected chi connectivity index (χ0v) is 18.4. The highest BCUT2D eigenvalue weighted by Gasteiger charge is 2.06. The Hall–Kier alpha value is -4.58. The molecule has 33 heavy (non-hydrogen) atoms. The molecule has 0 heterocycles. The van der Waals surface area contributed by atoms with Crippen molar-refractivity contribution >= 4 is 11.9 Å². The third kappa shape index (κ3) is 15.9. The molecule has 0 saturated heterocycles. The number of hydrogen-bond donors (Lipinski definition) is 0. The highest BCUT2D eigenvalue weighted by Crippen LogP contribution is 1.96. The molecule has 0 bridgehead atoms. The van der Waals surface area contributed by atoms with E-state index in [0.717, 1.165) is 0 Å². The standard InChI is InChI=1S/C22H24N6O5/c1-26-20(16-25)7-5-9-28(3)18-22(30)33-13-11-31-10-12-32-21(29)17-27(2)8-4-6-19(14-23)15-24/h4-9H,10-13,17-18H2,2-3H3/b8-4+,9-5+,20-7+. The Morgan fingerprint density at radius 1 is 0.848 bits per heavy atom. The van der Waals surface area contributed by atoms with Crippen LogP contribution in [0.15, 0.2) is 48.0 Å². The third-order valence-electron chi connectivity index (χ3n) is 3.41. The SMILES string of the molecule is [C-]#[N+]/C(C#N)=C/C=C/N(C)CC(=O)OCCOCCOC(=O)CN(C)/C=C/C=C(C#N)C#N. The van der Waals surface area contributed by atoms with Gasteiger partial charge in [0.1, 0.15) is 44.0 Å². The van der Waals surface area contributed by atoms with Crippen LogP contribution in [0.1, 0.15) is 0 Å². The molecule has 0 rings (SSSR count). The largest absolute Gasteiger partial charge is 0.462 e. The quantitative estimate of drug-likeness (QED) is 0.124. The number of likely N-dealkylation sites (N-methyl/N-ethyl adjacent to an activating group) is 2. The summed E-state index contributed by atoms with van der Waals surface area (Å²) in [7, 11) is 3.27. The van der Waals surface area contributed by atoms with Crippen LogP contribution in [-0.2, 0) is 23.8 Å². The Bertz CT molecular complexity index is 832. The van der Waals surface area contributed by atoms with Crippen molar-refractivity contribution in [3.05, 3.63) is 59.4 Å². The molecule has 11 nitrogen and oxygen atoms in total. The number of rotatable bonds is 14. The second-order valence-electron chi connectivity index (χ2n) is 6.15. The van der Waals surface area contributed by atoms with Crippen molar-refractivity contribution in [2.24, 2.45) is 0 Å². The summed E-state index contributed by atoms with van der Waals surface area (Å²) in [6.45, 7) is 7.04. The van der Waals surface area contributed by atoms with Gasteiger partial charge in [-0.05, 0) is 30.6 Å². The van der Waals surface area contributed by atoms with Crippen LogP contribution >= 0.6 is 0 Å². The minimum atomic E-state index is -0.480. The summed E-state index contributed by atoms with van der Waals surface area (Å²) in [6.07, 6.45) is 8.70. The van der Waals surface area contributed by atoms with E-state index in [9.17, 15) is 9.59 Å². The molecule has 0 aliphatic carbocycles. The van der Waals surface area contributed by atoms with Crippen LogP contribution < -0.4 is 0 Å². The Labute approximate surface area is 193 Å². The van der Waals surface area contributed by atoms with Gasteiger partial charge in [0.15, 0.2) is 0 Å². The maximum Gasteiger partial charge on any atom is 0.325 e. The van der Waals surface area contributed by atoms with Crippen molar-refractivity contribution in [2.45, 2.75) is 0 Å². The van der Waals surface area contributed by atoms with Crippen LogP contribution in [0.3, 0.4) is 0 Å². The monoisotopic (exact) mass is 452 g/mol. The van der Waals surface area contributed by atoms with Crippen molar-refractivity contribution in [3.63, 3.8) is 0 Å². The Morgan fingerprint density at radius 3 is 1.76 bits per heavy atom. The molecule has 0 N–H and O–H groups in total. The van der Waals surface area contributed by atoms with E-state index in [-0.39, 0.29) is 50.8 Å². The predicted octanol–water partition coefficient (Wildman–Crippen LogP) is 1.28. The Morgan fingerprint density at radius 2 is 1.33 bits per heavy atom. The number of esters is 2. The number of allylic oxidation sites excluding steroid dienone is 6. The molecule has 0 aromatic heterocycles. The minimum absolute atomic E-state index is 0.0199. The third-order valence-corrected chi connectivity index (χ3v) is 3.41. The summed E-state index contributed by atoms with van der Waals surface area (Å²) in [4.78, 5) is 29.5. The lowest BCUT2D eigenvalue weighted by Crippen LogP contribution is -2.25. The molecule has 0 atom stereocenters. The minimum Gasteiger partial charge on any atom is -0.462 e. The molecule has 0 fully saturated rings. The van der Waals surface area contributed by atoms with Gasteiger partial charge < -0.3 is 24.0 Å². The smallest absolute Gasteiger partial charge is 0.325 e. The Balaban J connectivity index is 3.92. The van der Waals surface area contributed by atoms with Crippen molar-refractivity contribution in [1.29, 1.82) is 15.8 Å². The van der Waals surface area contributed by atoms with Crippen molar-refractivity contribution in [3.8, 4) is 18.2 Å². The van der Waals surface area contributed by atoms with Gasteiger partial charge >= 0.3 is 11.9 Å². The maximum absolute atomic E-state index is 11.7. The van der Waals surface area contributed by atoms with Crippen LogP contribution in [0.5, 0.6) is 0 Å². The average molecular weight is 452 g/mol. The maximum atomic E-state index is 11.7. The van der Waals surface area contributed by atoms with E-state index in [1.165, 1.54) is 46.5 Å². The fourth-order valence-electron chi connectivity index (χ4n) is 1.90. The molecule has 0 amide bonds. The molecule has 0 aromatic carbocycles. The summed E-state index contributed by atoms with van der Waals surface area (Å²) < 4.78 is 15.3. The second kappa shape index (κ2) is 18.2.